The Hall–Kier alpha value is -1.51. The molecule has 1 fully saturated rings. The second kappa shape index (κ2) is 5.42. The van der Waals surface area contributed by atoms with Crippen LogP contribution in [0.2, 0.25) is 0 Å². The summed E-state index contributed by atoms with van der Waals surface area (Å²) in [5.41, 5.74) is 1.43. The van der Waals surface area contributed by atoms with Gasteiger partial charge in [-0.25, -0.2) is 0 Å². The molecule has 1 atom stereocenters. The van der Waals surface area contributed by atoms with Gasteiger partial charge in [-0.1, -0.05) is 13.3 Å². The smallest absolute Gasteiger partial charge is 0.163 e. The van der Waals surface area contributed by atoms with Crippen LogP contribution in [-0.4, -0.2) is 24.0 Å². The van der Waals surface area contributed by atoms with Crippen molar-refractivity contribution in [1.82, 2.24) is 0 Å². The molecule has 3 heteroatoms. The molecule has 18 heavy (non-hydrogen) atoms. The zero-order valence-electron chi connectivity index (χ0n) is 11.1. The van der Waals surface area contributed by atoms with Crippen molar-refractivity contribution in [3.63, 3.8) is 0 Å². The summed E-state index contributed by atoms with van der Waals surface area (Å²) < 4.78 is 0. The molecule has 0 amide bonds. The van der Waals surface area contributed by atoms with E-state index in [2.05, 4.69) is 11.8 Å². The molecule has 1 aliphatic rings. The monoisotopic (exact) mass is 247 g/mol. The zero-order valence-corrected chi connectivity index (χ0v) is 11.1. The maximum Gasteiger partial charge on any atom is 0.163 e. The van der Waals surface area contributed by atoms with Gasteiger partial charge in [0.15, 0.2) is 5.78 Å². The van der Waals surface area contributed by atoms with Gasteiger partial charge < -0.3 is 10.0 Å². The number of hydrogen-bond donors (Lipinski definition) is 1. The van der Waals surface area contributed by atoms with Gasteiger partial charge in [0.25, 0.3) is 0 Å². The van der Waals surface area contributed by atoms with Gasteiger partial charge in [0.1, 0.15) is 5.75 Å². The fraction of sp³-hybridized carbons (Fsp3) is 0.533. The lowest BCUT2D eigenvalue weighted by Crippen LogP contribution is -2.19. The van der Waals surface area contributed by atoms with Gasteiger partial charge in [-0.2, -0.15) is 0 Å². The minimum Gasteiger partial charge on any atom is -0.507 e. The first kappa shape index (κ1) is 12.9. The van der Waals surface area contributed by atoms with Gasteiger partial charge in [0.05, 0.1) is 5.56 Å². The number of ketones is 1. The topological polar surface area (TPSA) is 40.5 Å². The van der Waals surface area contributed by atoms with Gasteiger partial charge >= 0.3 is 0 Å². The summed E-state index contributed by atoms with van der Waals surface area (Å²) in [6, 6.07) is 5.37. The van der Waals surface area contributed by atoms with Crippen LogP contribution in [0.4, 0.5) is 5.69 Å². The Kier molecular flexibility index (Phi) is 3.90. The Bertz CT molecular complexity index is 442. The molecule has 2 rings (SSSR count). The highest BCUT2D eigenvalue weighted by Gasteiger charge is 2.22. The number of rotatable bonds is 4. The number of aromatic hydroxyl groups is 1. The van der Waals surface area contributed by atoms with Gasteiger partial charge in [0, 0.05) is 24.8 Å². The molecule has 0 aliphatic carbocycles. The van der Waals surface area contributed by atoms with Crippen molar-refractivity contribution < 1.29 is 9.90 Å². The average molecular weight is 247 g/mol. The van der Waals surface area contributed by atoms with Crippen molar-refractivity contribution in [3.05, 3.63) is 23.8 Å². The molecule has 1 aliphatic heterocycles. The highest BCUT2D eigenvalue weighted by Crippen LogP contribution is 2.30. The highest BCUT2D eigenvalue weighted by atomic mass is 16.3. The number of carbonyl (C=O) groups is 1. The van der Waals surface area contributed by atoms with Crippen LogP contribution in [0.3, 0.4) is 0 Å². The molecule has 1 N–H and O–H groups in total. The third-order valence-electron chi connectivity index (χ3n) is 3.71. The molecule has 1 aromatic rings. The third-order valence-corrected chi connectivity index (χ3v) is 3.71. The van der Waals surface area contributed by atoms with E-state index in [1.165, 1.54) is 26.2 Å². The molecule has 0 radical (unpaired) electrons. The minimum absolute atomic E-state index is 0.0932. The van der Waals surface area contributed by atoms with E-state index in [0.717, 1.165) is 24.7 Å². The molecule has 0 aromatic heterocycles. The average Bonchev–Trinajstić information content (AvgIpc) is 2.77. The minimum atomic E-state index is -0.0932. The van der Waals surface area contributed by atoms with Crippen LogP contribution in [0, 0.1) is 5.92 Å². The molecular formula is C15H21NO2. The zero-order chi connectivity index (χ0) is 13.1. The van der Waals surface area contributed by atoms with E-state index in [1.54, 1.807) is 12.1 Å². The lowest BCUT2D eigenvalue weighted by Gasteiger charge is -2.19. The van der Waals surface area contributed by atoms with Crippen LogP contribution >= 0.6 is 0 Å². The number of phenols is 1. The van der Waals surface area contributed by atoms with E-state index >= 15 is 0 Å². The van der Waals surface area contributed by atoms with Crippen molar-refractivity contribution in [2.45, 2.75) is 33.1 Å². The van der Waals surface area contributed by atoms with E-state index in [0.29, 0.717) is 5.56 Å². The van der Waals surface area contributed by atoms with Gasteiger partial charge in [-0.3, -0.25) is 4.79 Å². The lowest BCUT2D eigenvalue weighted by atomic mass is 10.0. The van der Waals surface area contributed by atoms with Crippen LogP contribution in [0.1, 0.15) is 43.5 Å². The van der Waals surface area contributed by atoms with E-state index in [4.69, 9.17) is 0 Å². The first-order valence-electron chi connectivity index (χ1n) is 6.70. The largest absolute Gasteiger partial charge is 0.507 e. The standard InChI is InChI=1S/C15H21NO2/c1-3-4-12-7-8-16(10-12)13-5-6-14(11(2)17)15(18)9-13/h5-6,9,12,18H,3-4,7-8,10H2,1-2H3. The van der Waals surface area contributed by atoms with Crippen LogP contribution in [0.15, 0.2) is 18.2 Å². The number of anilines is 1. The Morgan fingerprint density at radius 3 is 2.89 bits per heavy atom. The molecule has 0 saturated carbocycles. The fourth-order valence-corrected chi connectivity index (χ4v) is 2.73. The summed E-state index contributed by atoms with van der Waals surface area (Å²) >= 11 is 0. The second-order valence-electron chi connectivity index (χ2n) is 5.15. The Morgan fingerprint density at radius 1 is 1.50 bits per heavy atom. The Balaban J connectivity index is 2.11. The van der Waals surface area contributed by atoms with Crippen molar-refractivity contribution in [2.24, 2.45) is 5.92 Å². The SMILES string of the molecule is CCCC1CCN(c2ccc(C(C)=O)c(O)c2)C1. The number of phenolic OH excluding ortho intramolecular Hbond substituents is 1. The first-order chi connectivity index (χ1) is 8.61. The van der Waals surface area contributed by atoms with Gasteiger partial charge in [0.2, 0.25) is 0 Å². The van der Waals surface area contributed by atoms with Gasteiger partial charge in [-0.05, 0) is 37.8 Å². The molecule has 98 valence electrons. The summed E-state index contributed by atoms with van der Waals surface area (Å²) in [6.45, 7) is 5.80. The van der Waals surface area contributed by atoms with Crippen LogP contribution < -0.4 is 4.90 Å². The van der Waals surface area contributed by atoms with Crippen LogP contribution in [0.5, 0.6) is 5.75 Å². The molecule has 1 saturated heterocycles. The van der Waals surface area contributed by atoms with E-state index in [1.807, 2.05) is 6.07 Å². The highest BCUT2D eigenvalue weighted by molar-refractivity contribution is 5.97. The van der Waals surface area contributed by atoms with E-state index in [-0.39, 0.29) is 11.5 Å². The molecule has 0 spiro atoms. The molecule has 1 unspecified atom stereocenters. The molecule has 1 heterocycles. The van der Waals surface area contributed by atoms with Crippen molar-refractivity contribution in [2.75, 3.05) is 18.0 Å². The Labute approximate surface area is 108 Å². The maximum atomic E-state index is 11.3. The maximum absolute atomic E-state index is 11.3. The van der Waals surface area contributed by atoms with Crippen molar-refractivity contribution in [1.29, 1.82) is 0 Å². The van der Waals surface area contributed by atoms with Gasteiger partial charge in [-0.15, -0.1) is 0 Å². The lowest BCUT2D eigenvalue weighted by molar-refractivity contribution is 0.101. The summed E-state index contributed by atoms with van der Waals surface area (Å²) in [5, 5.41) is 9.84. The summed E-state index contributed by atoms with van der Waals surface area (Å²) in [4.78, 5) is 13.6. The molecule has 0 bridgehead atoms. The predicted molar refractivity (Wildman–Crippen MR) is 73.3 cm³/mol. The fourth-order valence-electron chi connectivity index (χ4n) is 2.73. The number of hydrogen-bond acceptors (Lipinski definition) is 3. The predicted octanol–water partition coefficient (Wildman–Crippen LogP) is 3.22. The molecule has 1 aromatic carbocycles. The van der Waals surface area contributed by atoms with Crippen LogP contribution in [0.25, 0.3) is 0 Å². The van der Waals surface area contributed by atoms with Crippen LogP contribution in [-0.2, 0) is 0 Å². The number of nitrogens with zero attached hydrogens (tertiary/aromatic N) is 1. The third kappa shape index (κ3) is 2.66. The summed E-state index contributed by atoms with van der Waals surface area (Å²) in [5.74, 6) is 0.771. The van der Waals surface area contributed by atoms with E-state index < -0.39 is 0 Å². The Morgan fingerprint density at radius 2 is 2.28 bits per heavy atom. The number of Topliss-reactive ketones (excluding diaryl/α,β-unsaturated/α-hetero) is 1. The number of carbonyl (C=O) groups excluding carboxylic acids is 1. The van der Waals surface area contributed by atoms with E-state index in [9.17, 15) is 9.90 Å². The molecule has 3 nitrogen and oxygen atoms in total. The summed E-state index contributed by atoms with van der Waals surface area (Å²) in [6.07, 6.45) is 3.73. The quantitative estimate of drug-likeness (QED) is 0.830. The first-order valence-corrected chi connectivity index (χ1v) is 6.70. The second-order valence-corrected chi connectivity index (χ2v) is 5.15. The summed E-state index contributed by atoms with van der Waals surface area (Å²) in [7, 11) is 0. The van der Waals surface area contributed by atoms with Crippen molar-refractivity contribution in [3.8, 4) is 5.75 Å². The molecular weight excluding hydrogens is 226 g/mol. The van der Waals surface area contributed by atoms with Crippen molar-refractivity contribution >= 4 is 11.5 Å². The normalized spacial score (nSPS) is 19.2. The number of benzene rings is 1.